The van der Waals surface area contributed by atoms with Crippen molar-refractivity contribution in [3.63, 3.8) is 0 Å². The first-order valence-electron chi connectivity index (χ1n) is 5.22. The molecular formula is C12H13N3O2S. The van der Waals surface area contributed by atoms with Crippen molar-refractivity contribution in [1.82, 2.24) is 0 Å². The van der Waals surface area contributed by atoms with Crippen molar-refractivity contribution in [2.45, 2.75) is 4.90 Å². The average Bonchev–Trinajstić information content (AvgIpc) is 2.39. The topological polar surface area (TPSA) is 89.4 Å². The normalized spacial score (nSPS) is 11.2. The van der Waals surface area contributed by atoms with Gasteiger partial charge in [0.05, 0.1) is 10.6 Å². The van der Waals surface area contributed by atoms with E-state index < -0.39 is 10.0 Å². The lowest BCUT2D eigenvalue weighted by atomic mass is 10.3. The number of hydrogen-bond acceptors (Lipinski definition) is 4. The highest BCUT2D eigenvalue weighted by Crippen LogP contribution is 2.20. The Morgan fingerprint density at radius 1 is 0.889 bits per heavy atom. The first-order valence-corrected chi connectivity index (χ1v) is 6.66. The Bertz CT molecular complexity index is 624. The molecule has 0 amide bonds. The number of sulfonamides is 1. The summed E-state index contributed by atoms with van der Waals surface area (Å²) in [5.41, 5.74) is 6.41. The van der Waals surface area contributed by atoms with Crippen LogP contribution in [0.25, 0.3) is 0 Å². The fraction of sp³-hybridized carbons (Fsp3) is 0. The molecule has 2 aromatic rings. The van der Waals surface area contributed by atoms with Gasteiger partial charge >= 0.3 is 0 Å². The first kappa shape index (κ1) is 12.4. The molecule has 5 nitrogen and oxygen atoms in total. The quantitative estimate of drug-likeness (QED) is 0.497. The molecule has 0 saturated heterocycles. The van der Waals surface area contributed by atoms with E-state index in [4.69, 9.17) is 11.6 Å². The maximum absolute atomic E-state index is 12.2. The summed E-state index contributed by atoms with van der Waals surface area (Å²) < 4.78 is 25.2. The van der Waals surface area contributed by atoms with Gasteiger partial charge in [-0.3, -0.25) is 0 Å². The van der Waals surface area contributed by atoms with Gasteiger partial charge in [0.25, 0.3) is 10.0 Å². The Balaban J connectivity index is 2.40. The van der Waals surface area contributed by atoms with E-state index in [0.29, 0.717) is 11.4 Å². The number of anilines is 2. The highest BCUT2D eigenvalue weighted by molar-refractivity contribution is 7.92. The summed E-state index contributed by atoms with van der Waals surface area (Å²) in [6, 6.07) is 14.3. The van der Waals surface area contributed by atoms with Gasteiger partial charge in [-0.25, -0.2) is 10.3 Å². The van der Waals surface area contributed by atoms with Crippen LogP contribution < -0.4 is 16.0 Å². The average molecular weight is 263 g/mol. The molecule has 0 atom stereocenters. The predicted molar refractivity (Wildman–Crippen MR) is 71.1 cm³/mol. The second-order valence-corrected chi connectivity index (χ2v) is 5.52. The third kappa shape index (κ3) is 2.29. The summed E-state index contributed by atoms with van der Waals surface area (Å²) in [6.07, 6.45) is 0. The zero-order valence-electron chi connectivity index (χ0n) is 9.52. The Hall–Kier alpha value is -2.05. The largest absolute Gasteiger partial charge is 0.399 e. The number of para-hydroxylation sites is 1. The van der Waals surface area contributed by atoms with Gasteiger partial charge in [0.2, 0.25) is 0 Å². The lowest BCUT2D eigenvalue weighted by molar-refractivity contribution is 0.592. The lowest BCUT2D eigenvalue weighted by Crippen LogP contribution is -2.37. The maximum atomic E-state index is 12.2. The van der Waals surface area contributed by atoms with E-state index in [1.54, 1.807) is 30.3 Å². The van der Waals surface area contributed by atoms with Crippen molar-refractivity contribution in [3.8, 4) is 0 Å². The minimum absolute atomic E-state index is 0.100. The van der Waals surface area contributed by atoms with Crippen LogP contribution in [0.1, 0.15) is 0 Å². The van der Waals surface area contributed by atoms with Crippen LogP contribution in [0.2, 0.25) is 0 Å². The van der Waals surface area contributed by atoms with E-state index in [2.05, 4.69) is 0 Å². The molecule has 0 aliphatic carbocycles. The molecule has 2 rings (SSSR count). The van der Waals surface area contributed by atoms with Gasteiger partial charge in [0.15, 0.2) is 0 Å². The Kier molecular flexibility index (Phi) is 3.22. The summed E-state index contributed by atoms with van der Waals surface area (Å²) in [5, 5.41) is 0. The Labute approximate surface area is 106 Å². The third-order valence-corrected chi connectivity index (χ3v) is 4.04. The van der Waals surface area contributed by atoms with Gasteiger partial charge < -0.3 is 5.73 Å². The van der Waals surface area contributed by atoms with E-state index in [9.17, 15) is 8.42 Å². The van der Waals surface area contributed by atoms with E-state index in [-0.39, 0.29) is 4.90 Å². The molecule has 0 fully saturated rings. The van der Waals surface area contributed by atoms with Gasteiger partial charge in [-0.15, -0.1) is 0 Å². The Morgan fingerprint density at radius 2 is 1.44 bits per heavy atom. The van der Waals surface area contributed by atoms with E-state index in [0.717, 1.165) is 4.41 Å². The zero-order chi connectivity index (χ0) is 13.2. The number of benzene rings is 2. The monoisotopic (exact) mass is 263 g/mol. The minimum Gasteiger partial charge on any atom is -0.399 e. The van der Waals surface area contributed by atoms with Crippen LogP contribution in [0, 0.1) is 0 Å². The van der Waals surface area contributed by atoms with Crippen molar-refractivity contribution in [1.29, 1.82) is 0 Å². The van der Waals surface area contributed by atoms with E-state index in [1.807, 2.05) is 0 Å². The summed E-state index contributed by atoms with van der Waals surface area (Å²) >= 11 is 0. The molecule has 0 saturated carbocycles. The van der Waals surface area contributed by atoms with Crippen LogP contribution in [-0.4, -0.2) is 8.42 Å². The highest BCUT2D eigenvalue weighted by atomic mass is 32.2. The van der Waals surface area contributed by atoms with Gasteiger partial charge in [-0.05, 0) is 36.4 Å². The molecule has 2 aromatic carbocycles. The van der Waals surface area contributed by atoms with Crippen LogP contribution >= 0.6 is 0 Å². The molecule has 6 heteroatoms. The number of hydrogen-bond donors (Lipinski definition) is 2. The van der Waals surface area contributed by atoms with Gasteiger partial charge in [0.1, 0.15) is 0 Å². The number of hydrazine groups is 1. The van der Waals surface area contributed by atoms with Crippen molar-refractivity contribution >= 4 is 21.4 Å². The summed E-state index contributed by atoms with van der Waals surface area (Å²) in [7, 11) is -3.75. The molecule has 0 aromatic heterocycles. The van der Waals surface area contributed by atoms with Crippen LogP contribution in [-0.2, 0) is 10.0 Å². The Morgan fingerprint density at radius 3 is 2.00 bits per heavy atom. The fourth-order valence-electron chi connectivity index (χ4n) is 1.47. The molecule has 0 unspecified atom stereocenters. The fourth-order valence-corrected chi connectivity index (χ4v) is 2.57. The van der Waals surface area contributed by atoms with Gasteiger partial charge in [0, 0.05) is 5.69 Å². The second-order valence-electron chi connectivity index (χ2n) is 3.71. The first-order chi connectivity index (χ1) is 8.51. The van der Waals surface area contributed by atoms with Gasteiger partial charge in [-0.2, -0.15) is 8.42 Å². The van der Waals surface area contributed by atoms with Crippen LogP contribution in [0.5, 0.6) is 0 Å². The summed E-state index contributed by atoms with van der Waals surface area (Å²) in [6.45, 7) is 0. The molecule has 0 spiro atoms. The highest BCUT2D eigenvalue weighted by Gasteiger charge is 2.21. The standard InChI is InChI=1S/C12H13N3O2S/c13-10-6-8-12(9-7-10)18(16,17)15(14)11-4-2-1-3-5-11/h1-9H,13-14H2. The van der Waals surface area contributed by atoms with Crippen molar-refractivity contribution < 1.29 is 8.42 Å². The molecule has 0 bridgehead atoms. The molecule has 4 N–H and O–H groups in total. The van der Waals surface area contributed by atoms with Crippen LogP contribution in [0.4, 0.5) is 11.4 Å². The molecule has 0 heterocycles. The minimum atomic E-state index is -3.75. The van der Waals surface area contributed by atoms with Gasteiger partial charge in [-0.1, -0.05) is 18.2 Å². The van der Waals surface area contributed by atoms with Crippen molar-refractivity contribution in [3.05, 3.63) is 54.6 Å². The van der Waals surface area contributed by atoms with Crippen molar-refractivity contribution in [2.24, 2.45) is 5.84 Å². The number of rotatable bonds is 3. The van der Waals surface area contributed by atoms with Crippen LogP contribution in [0.15, 0.2) is 59.5 Å². The molecule has 94 valence electrons. The maximum Gasteiger partial charge on any atom is 0.277 e. The smallest absolute Gasteiger partial charge is 0.277 e. The van der Waals surface area contributed by atoms with E-state index >= 15 is 0 Å². The molecule has 0 aliphatic rings. The van der Waals surface area contributed by atoms with Crippen molar-refractivity contribution in [2.75, 3.05) is 10.1 Å². The number of nitrogens with zero attached hydrogens (tertiary/aromatic N) is 1. The molecular weight excluding hydrogens is 250 g/mol. The SMILES string of the molecule is Nc1ccc(S(=O)(=O)N(N)c2ccccc2)cc1. The van der Waals surface area contributed by atoms with Crippen LogP contribution in [0.3, 0.4) is 0 Å². The molecule has 0 aliphatic heterocycles. The van der Waals surface area contributed by atoms with E-state index in [1.165, 1.54) is 24.3 Å². The number of nitrogens with two attached hydrogens (primary N) is 2. The molecule has 0 radical (unpaired) electrons. The third-order valence-electron chi connectivity index (χ3n) is 2.45. The second kappa shape index (κ2) is 4.67. The predicted octanol–water partition coefficient (Wildman–Crippen LogP) is 1.34. The zero-order valence-corrected chi connectivity index (χ0v) is 10.3. The summed E-state index contributed by atoms with van der Waals surface area (Å²) in [4.78, 5) is 0.100. The number of nitrogen functional groups attached to an aromatic ring is 1. The molecule has 18 heavy (non-hydrogen) atoms. The summed E-state index contributed by atoms with van der Waals surface area (Å²) in [5.74, 6) is 5.66. The lowest BCUT2D eigenvalue weighted by Gasteiger charge is -2.18.